The first kappa shape index (κ1) is 13.7. The lowest BCUT2D eigenvalue weighted by atomic mass is 9.87. The molecule has 1 N–H and O–H groups in total. The van der Waals surface area contributed by atoms with Gasteiger partial charge in [-0.15, -0.1) is 0 Å². The summed E-state index contributed by atoms with van der Waals surface area (Å²) in [6.45, 7) is 6.32. The van der Waals surface area contributed by atoms with Gasteiger partial charge in [-0.3, -0.25) is 0 Å². The van der Waals surface area contributed by atoms with Crippen molar-refractivity contribution in [1.82, 2.24) is 5.32 Å². The molecule has 3 nitrogen and oxygen atoms in total. The SMILES string of the molecule is CC(C)(C)OC(=O)NCCSCC1CCC1. The number of amides is 1. The van der Waals surface area contributed by atoms with E-state index in [0.717, 1.165) is 11.7 Å². The predicted molar refractivity (Wildman–Crippen MR) is 68.9 cm³/mol. The summed E-state index contributed by atoms with van der Waals surface area (Å²) in [5.41, 5.74) is -0.400. The van der Waals surface area contributed by atoms with Gasteiger partial charge in [0.05, 0.1) is 0 Å². The first-order valence-electron chi connectivity index (χ1n) is 6.02. The quantitative estimate of drug-likeness (QED) is 0.757. The summed E-state index contributed by atoms with van der Waals surface area (Å²) < 4.78 is 5.14. The molecule has 1 saturated carbocycles. The number of thioether (sulfide) groups is 1. The van der Waals surface area contributed by atoms with E-state index in [-0.39, 0.29) is 6.09 Å². The monoisotopic (exact) mass is 245 g/mol. The largest absolute Gasteiger partial charge is 0.444 e. The molecule has 0 aliphatic heterocycles. The summed E-state index contributed by atoms with van der Waals surface area (Å²) in [4.78, 5) is 11.3. The van der Waals surface area contributed by atoms with E-state index in [1.807, 2.05) is 32.5 Å². The Balaban J connectivity index is 1.91. The van der Waals surface area contributed by atoms with Crippen molar-refractivity contribution in [2.45, 2.75) is 45.6 Å². The van der Waals surface area contributed by atoms with Gasteiger partial charge < -0.3 is 10.1 Å². The van der Waals surface area contributed by atoms with Crippen molar-refractivity contribution in [2.24, 2.45) is 5.92 Å². The van der Waals surface area contributed by atoms with Crippen LogP contribution in [-0.4, -0.2) is 29.7 Å². The van der Waals surface area contributed by atoms with Crippen LogP contribution in [0.2, 0.25) is 0 Å². The minimum absolute atomic E-state index is 0.309. The zero-order valence-electron chi connectivity index (χ0n) is 10.5. The van der Waals surface area contributed by atoms with Crippen LogP contribution >= 0.6 is 11.8 Å². The topological polar surface area (TPSA) is 38.3 Å². The standard InChI is InChI=1S/C12H23NO2S/c1-12(2,3)15-11(14)13-7-8-16-9-10-5-4-6-10/h10H,4-9H2,1-3H3,(H,13,14). The number of hydrogen-bond acceptors (Lipinski definition) is 3. The highest BCUT2D eigenvalue weighted by Crippen LogP contribution is 2.29. The molecule has 94 valence electrons. The third-order valence-electron chi connectivity index (χ3n) is 2.49. The van der Waals surface area contributed by atoms with E-state index in [4.69, 9.17) is 4.74 Å². The van der Waals surface area contributed by atoms with E-state index in [1.165, 1.54) is 25.0 Å². The van der Waals surface area contributed by atoms with Crippen LogP contribution in [0.3, 0.4) is 0 Å². The molecule has 4 heteroatoms. The van der Waals surface area contributed by atoms with Gasteiger partial charge in [0.2, 0.25) is 0 Å². The number of hydrogen-bond donors (Lipinski definition) is 1. The van der Waals surface area contributed by atoms with E-state index in [9.17, 15) is 4.79 Å². The van der Waals surface area contributed by atoms with E-state index < -0.39 is 5.60 Å². The lowest BCUT2D eigenvalue weighted by Crippen LogP contribution is -2.33. The van der Waals surface area contributed by atoms with Gasteiger partial charge in [-0.25, -0.2) is 4.79 Å². The summed E-state index contributed by atoms with van der Waals surface area (Å²) >= 11 is 1.93. The van der Waals surface area contributed by atoms with Gasteiger partial charge in [0.15, 0.2) is 0 Å². The zero-order chi connectivity index (χ0) is 12.0. The lowest BCUT2D eigenvalue weighted by molar-refractivity contribution is 0.0531. The minimum atomic E-state index is -0.400. The van der Waals surface area contributed by atoms with Crippen LogP contribution in [0.15, 0.2) is 0 Å². The summed E-state index contributed by atoms with van der Waals surface area (Å²) in [6.07, 6.45) is 3.89. The Morgan fingerprint density at radius 3 is 2.62 bits per heavy atom. The van der Waals surface area contributed by atoms with Crippen molar-refractivity contribution in [3.05, 3.63) is 0 Å². The Hall–Kier alpha value is -0.380. The molecule has 0 saturated heterocycles. The van der Waals surface area contributed by atoms with Gasteiger partial charge in [0.1, 0.15) is 5.60 Å². The fourth-order valence-corrected chi connectivity index (χ4v) is 2.53. The number of ether oxygens (including phenoxy) is 1. The Morgan fingerprint density at radius 2 is 2.12 bits per heavy atom. The molecule has 0 radical (unpaired) electrons. The Morgan fingerprint density at radius 1 is 1.44 bits per heavy atom. The van der Waals surface area contributed by atoms with Crippen LogP contribution in [0.1, 0.15) is 40.0 Å². The molecule has 0 aromatic heterocycles. The molecule has 0 aromatic rings. The summed E-state index contributed by atoms with van der Waals surface area (Å²) in [5.74, 6) is 3.16. The third kappa shape index (κ3) is 6.26. The minimum Gasteiger partial charge on any atom is -0.444 e. The van der Waals surface area contributed by atoms with Crippen LogP contribution in [0, 0.1) is 5.92 Å². The molecule has 0 aromatic carbocycles. The molecule has 0 atom stereocenters. The van der Waals surface area contributed by atoms with Crippen molar-refractivity contribution in [2.75, 3.05) is 18.1 Å². The van der Waals surface area contributed by atoms with Gasteiger partial charge in [0.25, 0.3) is 0 Å². The van der Waals surface area contributed by atoms with Crippen LogP contribution in [0.4, 0.5) is 4.79 Å². The number of alkyl carbamates (subject to hydrolysis) is 1. The van der Waals surface area contributed by atoms with Gasteiger partial charge in [0, 0.05) is 12.3 Å². The molecule has 0 bridgehead atoms. The maximum absolute atomic E-state index is 11.3. The zero-order valence-corrected chi connectivity index (χ0v) is 11.4. The van der Waals surface area contributed by atoms with Crippen molar-refractivity contribution in [1.29, 1.82) is 0 Å². The van der Waals surface area contributed by atoms with Gasteiger partial charge in [-0.1, -0.05) is 6.42 Å². The molecule has 1 rings (SSSR count). The van der Waals surface area contributed by atoms with Crippen molar-refractivity contribution < 1.29 is 9.53 Å². The lowest BCUT2D eigenvalue weighted by Gasteiger charge is -2.24. The second-order valence-electron chi connectivity index (χ2n) is 5.30. The number of carbonyl (C=O) groups is 1. The van der Waals surface area contributed by atoms with Gasteiger partial charge in [-0.05, 0) is 45.3 Å². The first-order valence-corrected chi connectivity index (χ1v) is 7.17. The average Bonchev–Trinajstić information content (AvgIpc) is 2.04. The molecule has 0 spiro atoms. The highest BCUT2D eigenvalue weighted by Gasteiger charge is 2.17. The molecule has 0 unspecified atom stereocenters. The summed E-state index contributed by atoms with van der Waals surface area (Å²) in [5, 5.41) is 2.77. The van der Waals surface area contributed by atoms with Gasteiger partial charge >= 0.3 is 6.09 Å². The number of nitrogens with one attached hydrogen (secondary N) is 1. The fraction of sp³-hybridized carbons (Fsp3) is 0.917. The molecule has 1 fully saturated rings. The molecular formula is C12H23NO2S. The molecular weight excluding hydrogens is 222 g/mol. The van der Waals surface area contributed by atoms with E-state index in [1.54, 1.807) is 0 Å². The predicted octanol–water partition coefficient (Wildman–Crippen LogP) is 3.04. The fourth-order valence-electron chi connectivity index (χ4n) is 1.45. The summed E-state index contributed by atoms with van der Waals surface area (Å²) in [6, 6.07) is 0. The maximum Gasteiger partial charge on any atom is 0.407 e. The Labute approximate surface area is 103 Å². The van der Waals surface area contributed by atoms with Crippen molar-refractivity contribution in [3.8, 4) is 0 Å². The molecule has 1 aliphatic carbocycles. The third-order valence-corrected chi connectivity index (χ3v) is 3.69. The van der Waals surface area contributed by atoms with Gasteiger partial charge in [-0.2, -0.15) is 11.8 Å². The van der Waals surface area contributed by atoms with Crippen LogP contribution in [-0.2, 0) is 4.74 Å². The van der Waals surface area contributed by atoms with E-state index >= 15 is 0 Å². The van der Waals surface area contributed by atoms with Crippen molar-refractivity contribution in [3.63, 3.8) is 0 Å². The number of carbonyl (C=O) groups excluding carboxylic acids is 1. The van der Waals surface area contributed by atoms with Crippen molar-refractivity contribution >= 4 is 17.9 Å². The Bertz CT molecular complexity index is 222. The highest BCUT2D eigenvalue weighted by molar-refractivity contribution is 7.99. The number of rotatable bonds is 5. The first-order chi connectivity index (χ1) is 7.47. The molecule has 16 heavy (non-hydrogen) atoms. The van der Waals surface area contributed by atoms with Crippen LogP contribution in [0.5, 0.6) is 0 Å². The average molecular weight is 245 g/mol. The smallest absolute Gasteiger partial charge is 0.407 e. The Kier molecular flexibility index (Phi) is 5.46. The molecule has 1 aliphatic rings. The van der Waals surface area contributed by atoms with E-state index in [2.05, 4.69) is 5.32 Å². The molecule has 1 amide bonds. The normalized spacial score (nSPS) is 16.7. The van der Waals surface area contributed by atoms with E-state index in [0.29, 0.717) is 6.54 Å². The second kappa shape index (κ2) is 6.38. The maximum atomic E-state index is 11.3. The summed E-state index contributed by atoms with van der Waals surface area (Å²) in [7, 11) is 0. The molecule has 0 heterocycles. The highest BCUT2D eigenvalue weighted by atomic mass is 32.2. The van der Waals surface area contributed by atoms with Crippen LogP contribution in [0.25, 0.3) is 0 Å². The second-order valence-corrected chi connectivity index (χ2v) is 6.45. The van der Waals surface area contributed by atoms with Crippen LogP contribution < -0.4 is 5.32 Å².